The Kier molecular flexibility index (Phi) is 1.97. The molecule has 6 nitrogen and oxygen atoms in total. The highest BCUT2D eigenvalue weighted by molar-refractivity contribution is 5.63. The molecule has 0 aromatic heterocycles. The normalized spacial score (nSPS) is 14.3. The van der Waals surface area contributed by atoms with E-state index in [-0.39, 0.29) is 11.4 Å². The molecular formula is C8H9N3O3. The van der Waals surface area contributed by atoms with Gasteiger partial charge in [0.1, 0.15) is 18.2 Å². The summed E-state index contributed by atoms with van der Waals surface area (Å²) in [6, 6.07) is 2.94. The lowest BCUT2D eigenvalue weighted by atomic mass is 10.1. The largest absolute Gasteiger partial charge is 0.478 e. The maximum atomic E-state index is 10.6. The highest BCUT2D eigenvalue weighted by Gasteiger charge is 2.18. The van der Waals surface area contributed by atoms with Crippen molar-refractivity contribution in [3.8, 4) is 5.75 Å². The Bertz CT molecular complexity index is 392. The van der Waals surface area contributed by atoms with Gasteiger partial charge < -0.3 is 10.5 Å². The van der Waals surface area contributed by atoms with Crippen molar-refractivity contribution in [2.75, 3.05) is 12.5 Å². The number of nitrogens with two attached hydrogens (primary N) is 1. The van der Waals surface area contributed by atoms with E-state index in [4.69, 9.17) is 10.5 Å². The summed E-state index contributed by atoms with van der Waals surface area (Å²) >= 11 is 0. The van der Waals surface area contributed by atoms with Crippen LogP contribution in [-0.4, -0.2) is 11.7 Å². The third-order valence-electron chi connectivity index (χ3n) is 2.05. The van der Waals surface area contributed by atoms with E-state index in [2.05, 4.69) is 5.32 Å². The lowest BCUT2D eigenvalue weighted by Crippen LogP contribution is -2.25. The fourth-order valence-electron chi connectivity index (χ4n) is 1.37. The maximum Gasteiger partial charge on any atom is 0.292 e. The molecule has 2 rings (SSSR count). The molecule has 0 saturated carbocycles. The molecule has 0 saturated heterocycles. The number of nitrogens with zero attached hydrogens (tertiary/aromatic N) is 1. The van der Waals surface area contributed by atoms with Gasteiger partial charge in [-0.1, -0.05) is 0 Å². The van der Waals surface area contributed by atoms with Crippen molar-refractivity contribution in [3.05, 3.63) is 27.8 Å². The number of fused-ring (bicyclic) bond motifs is 1. The lowest BCUT2D eigenvalue weighted by molar-refractivity contribution is -0.384. The maximum absolute atomic E-state index is 10.6. The van der Waals surface area contributed by atoms with Gasteiger partial charge in [0.2, 0.25) is 0 Å². The second-order valence-corrected chi connectivity index (χ2v) is 2.99. The van der Waals surface area contributed by atoms with Gasteiger partial charge in [0.25, 0.3) is 5.69 Å². The number of benzene rings is 1. The molecule has 3 N–H and O–H groups in total. The van der Waals surface area contributed by atoms with E-state index < -0.39 is 4.92 Å². The minimum atomic E-state index is -0.496. The van der Waals surface area contributed by atoms with Crippen molar-refractivity contribution in [2.24, 2.45) is 0 Å². The topological polar surface area (TPSA) is 90.4 Å². The van der Waals surface area contributed by atoms with Gasteiger partial charge >= 0.3 is 0 Å². The molecule has 0 spiro atoms. The molecule has 0 fully saturated rings. The van der Waals surface area contributed by atoms with E-state index in [1.54, 1.807) is 0 Å². The minimum Gasteiger partial charge on any atom is -0.478 e. The number of nitro groups is 1. The summed E-state index contributed by atoms with van der Waals surface area (Å²) in [6.07, 6.45) is 0. The van der Waals surface area contributed by atoms with Crippen molar-refractivity contribution in [1.82, 2.24) is 5.32 Å². The van der Waals surface area contributed by atoms with E-state index in [9.17, 15) is 10.1 Å². The van der Waals surface area contributed by atoms with Crippen molar-refractivity contribution in [1.29, 1.82) is 0 Å². The SMILES string of the molecule is Nc1cc2c(cc1[N+](=O)[O-])CNCO2. The van der Waals surface area contributed by atoms with Crippen LogP contribution in [0, 0.1) is 10.1 Å². The van der Waals surface area contributed by atoms with E-state index in [1.807, 2.05) is 0 Å². The highest BCUT2D eigenvalue weighted by Crippen LogP contribution is 2.31. The summed E-state index contributed by atoms with van der Waals surface area (Å²) < 4.78 is 5.23. The number of nitro benzene ring substituents is 1. The fourth-order valence-corrected chi connectivity index (χ4v) is 1.37. The third kappa shape index (κ3) is 1.35. The number of rotatable bonds is 1. The van der Waals surface area contributed by atoms with Gasteiger partial charge in [-0.3, -0.25) is 15.4 Å². The Labute approximate surface area is 79.8 Å². The van der Waals surface area contributed by atoms with Crippen molar-refractivity contribution in [3.63, 3.8) is 0 Å². The first-order valence-electron chi connectivity index (χ1n) is 4.09. The molecule has 0 radical (unpaired) electrons. The quantitative estimate of drug-likeness (QED) is 0.389. The molecule has 1 aromatic rings. The Morgan fingerprint density at radius 3 is 3.07 bits per heavy atom. The Hall–Kier alpha value is -1.82. The van der Waals surface area contributed by atoms with Crippen LogP contribution in [0.15, 0.2) is 12.1 Å². The van der Waals surface area contributed by atoms with Crippen molar-refractivity contribution in [2.45, 2.75) is 6.54 Å². The van der Waals surface area contributed by atoms with Gasteiger partial charge in [0.05, 0.1) is 4.92 Å². The van der Waals surface area contributed by atoms with Crippen LogP contribution in [0.25, 0.3) is 0 Å². The van der Waals surface area contributed by atoms with Crippen LogP contribution in [0.3, 0.4) is 0 Å². The molecule has 74 valence electrons. The average molecular weight is 195 g/mol. The molecule has 1 aliphatic heterocycles. The van der Waals surface area contributed by atoms with Crippen LogP contribution in [0.1, 0.15) is 5.56 Å². The van der Waals surface area contributed by atoms with Crippen LogP contribution in [0.2, 0.25) is 0 Å². The molecule has 0 aliphatic carbocycles. The van der Waals surface area contributed by atoms with Crippen LogP contribution in [-0.2, 0) is 6.54 Å². The predicted octanol–water partition coefficient (Wildman–Crippen LogP) is 0.616. The first-order chi connectivity index (χ1) is 6.68. The number of hydrogen-bond acceptors (Lipinski definition) is 5. The molecule has 6 heteroatoms. The molecule has 0 bridgehead atoms. The molecule has 14 heavy (non-hydrogen) atoms. The zero-order chi connectivity index (χ0) is 10.1. The Morgan fingerprint density at radius 2 is 2.36 bits per heavy atom. The fraction of sp³-hybridized carbons (Fsp3) is 0.250. The van der Waals surface area contributed by atoms with Gasteiger partial charge in [-0.05, 0) is 0 Å². The van der Waals surface area contributed by atoms with Crippen LogP contribution >= 0.6 is 0 Å². The summed E-state index contributed by atoms with van der Waals surface area (Å²) in [5.74, 6) is 0.617. The number of ether oxygens (including phenoxy) is 1. The highest BCUT2D eigenvalue weighted by atomic mass is 16.6. The summed E-state index contributed by atoms with van der Waals surface area (Å²) in [7, 11) is 0. The van der Waals surface area contributed by atoms with Gasteiger partial charge in [0, 0.05) is 24.2 Å². The molecule has 1 aromatic carbocycles. The molecule has 0 atom stereocenters. The summed E-state index contributed by atoms with van der Waals surface area (Å²) in [4.78, 5) is 10.1. The van der Waals surface area contributed by atoms with E-state index in [1.165, 1.54) is 12.1 Å². The zero-order valence-electron chi connectivity index (χ0n) is 7.32. The number of anilines is 1. The first kappa shape index (κ1) is 8.76. The average Bonchev–Trinajstić information content (AvgIpc) is 2.16. The van der Waals surface area contributed by atoms with Crippen LogP contribution in [0.4, 0.5) is 11.4 Å². The van der Waals surface area contributed by atoms with Gasteiger partial charge in [0.15, 0.2) is 0 Å². The Balaban J connectivity index is 2.50. The van der Waals surface area contributed by atoms with Gasteiger partial charge in [-0.15, -0.1) is 0 Å². The Morgan fingerprint density at radius 1 is 1.57 bits per heavy atom. The molecule has 0 amide bonds. The second-order valence-electron chi connectivity index (χ2n) is 2.99. The van der Waals surface area contributed by atoms with Crippen LogP contribution < -0.4 is 15.8 Å². The van der Waals surface area contributed by atoms with Crippen molar-refractivity contribution < 1.29 is 9.66 Å². The smallest absolute Gasteiger partial charge is 0.292 e. The molecular weight excluding hydrogens is 186 g/mol. The van der Waals surface area contributed by atoms with Gasteiger partial charge in [-0.25, -0.2) is 0 Å². The van der Waals surface area contributed by atoms with Crippen molar-refractivity contribution >= 4 is 11.4 Å². The number of hydrogen-bond donors (Lipinski definition) is 2. The first-order valence-corrected chi connectivity index (χ1v) is 4.09. The predicted molar refractivity (Wildman–Crippen MR) is 49.8 cm³/mol. The molecule has 1 heterocycles. The number of nitrogens with one attached hydrogen (secondary N) is 1. The molecule has 0 unspecified atom stereocenters. The lowest BCUT2D eigenvalue weighted by Gasteiger charge is -2.18. The summed E-state index contributed by atoms with van der Waals surface area (Å²) in [5, 5.41) is 13.5. The standard InChI is InChI=1S/C8H9N3O3/c9-6-2-8-5(3-10-4-14-8)1-7(6)11(12)13/h1-2,10H,3-4,9H2. The summed E-state index contributed by atoms with van der Waals surface area (Å²) in [5.41, 5.74) is 6.33. The van der Waals surface area contributed by atoms with E-state index >= 15 is 0 Å². The third-order valence-corrected chi connectivity index (χ3v) is 2.05. The van der Waals surface area contributed by atoms with Gasteiger partial charge in [-0.2, -0.15) is 0 Å². The molecule has 1 aliphatic rings. The summed E-state index contributed by atoms with van der Waals surface area (Å²) in [6.45, 7) is 0.973. The second kappa shape index (κ2) is 3.15. The zero-order valence-corrected chi connectivity index (χ0v) is 7.32. The number of nitrogen functional groups attached to an aromatic ring is 1. The van der Waals surface area contributed by atoms with E-state index in [0.717, 1.165) is 5.56 Å². The van der Waals surface area contributed by atoms with Crippen LogP contribution in [0.5, 0.6) is 5.75 Å². The monoisotopic (exact) mass is 195 g/mol. The minimum absolute atomic E-state index is 0.0731. The van der Waals surface area contributed by atoms with E-state index in [0.29, 0.717) is 19.0 Å².